The van der Waals surface area contributed by atoms with Crippen molar-refractivity contribution in [3.8, 4) is 23.0 Å². The zero-order chi connectivity index (χ0) is 15.0. The van der Waals surface area contributed by atoms with Gasteiger partial charge in [-0.1, -0.05) is 44.1 Å². The van der Waals surface area contributed by atoms with Crippen LogP contribution in [0.5, 0.6) is 5.75 Å². The molecule has 108 valence electrons. The SMILES string of the molecule is CC(C)(C)c1noc(-c2nn(-c3ccccc3)cc2O)n1. The molecule has 2 heterocycles. The van der Waals surface area contributed by atoms with Crippen molar-refractivity contribution < 1.29 is 9.63 Å². The molecule has 6 heteroatoms. The Morgan fingerprint density at radius 2 is 1.86 bits per heavy atom. The molecule has 0 saturated heterocycles. The Morgan fingerprint density at radius 3 is 2.48 bits per heavy atom. The van der Waals surface area contributed by atoms with Crippen LogP contribution in [0.25, 0.3) is 17.3 Å². The zero-order valence-corrected chi connectivity index (χ0v) is 12.1. The summed E-state index contributed by atoms with van der Waals surface area (Å²) in [6.45, 7) is 5.97. The van der Waals surface area contributed by atoms with E-state index in [2.05, 4.69) is 15.2 Å². The van der Waals surface area contributed by atoms with Gasteiger partial charge in [0, 0.05) is 5.41 Å². The molecular formula is C15H16N4O2. The molecule has 0 saturated carbocycles. The van der Waals surface area contributed by atoms with Crippen LogP contribution in [0.1, 0.15) is 26.6 Å². The maximum atomic E-state index is 10.0. The molecule has 6 nitrogen and oxygen atoms in total. The molecule has 2 aromatic heterocycles. The van der Waals surface area contributed by atoms with E-state index in [0.717, 1.165) is 5.69 Å². The molecule has 1 N–H and O–H groups in total. The Morgan fingerprint density at radius 1 is 1.14 bits per heavy atom. The van der Waals surface area contributed by atoms with Gasteiger partial charge in [-0.3, -0.25) is 0 Å². The molecule has 0 spiro atoms. The van der Waals surface area contributed by atoms with Crippen molar-refractivity contribution in [3.05, 3.63) is 42.4 Å². The van der Waals surface area contributed by atoms with Gasteiger partial charge in [0.2, 0.25) is 0 Å². The summed E-state index contributed by atoms with van der Waals surface area (Å²) >= 11 is 0. The largest absolute Gasteiger partial charge is 0.504 e. The fourth-order valence-electron chi connectivity index (χ4n) is 1.85. The smallest absolute Gasteiger partial charge is 0.282 e. The molecule has 0 aliphatic rings. The molecule has 0 unspecified atom stereocenters. The van der Waals surface area contributed by atoms with Crippen molar-refractivity contribution in [2.24, 2.45) is 0 Å². The fourth-order valence-corrected chi connectivity index (χ4v) is 1.85. The Labute approximate surface area is 122 Å². The van der Waals surface area contributed by atoms with E-state index < -0.39 is 0 Å². The van der Waals surface area contributed by atoms with Gasteiger partial charge in [0.25, 0.3) is 5.89 Å². The van der Waals surface area contributed by atoms with Crippen molar-refractivity contribution in [2.45, 2.75) is 26.2 Å². The number of aromatic hydroxyl groups is 1. The maximum Gasteiger partial charge on any atom is 0.282 e. The average molecular weight is 284 g/mol. The summed E-state index contributed by atoms with van der Waals surface area (Å²) in [6, 6.07) is 9.51. The summed E-state index contributed by atoms with van der Waals surface area (Å²) in [7, 11) is 0. The fraction of sp³-hybridized carbons (Fsp3) is 0.267. The Bertz CT molecular complexity index is 754. The molecule has 0 amide bonds. The Hall–Kier alpha value is -2.63. The Balaban J connectivity index is 2.00. The molecule has 0 aliphatic heterocycles. The third-order valence-corrected chi connectivity index (χ3v) is 3.02. The predicted octanol–water partition coefficient (Wildman–Crippen LogP) is 2.93. The van der Waals surface area contributed by atoms with Crippen molar-refractivity contribution in [1.29, 1.82) is 0 Å². The first-order valence-electron chi connectivity index (χ1n) is 6.64. The minimum Gasteiger partial charge on any atom is -0.504 e. The lowest BCUT2D eigenvalue weighted by atomic mass is 9.96. The van der Waals surface area contributed by atoms with E-state index in [1.807, 2.05) is 51.1 Å². The number of nitrogens with zero attached hydrogens (tertiary/aromatic N) is 4. The lowest BCUT2D eigenvalue weighted by Crippen LogP contribution is -2.13. The van der Waals surface area contributed by atoms with Gasteiger partial charge in [0.1, 0.15) is 0 Å². The molecule has 0 atom stereocenters. The summed E-state index contributed by atoms with van der Waals surface area (Å²) in [6.07, 6.45) is 1.52. The topological polar surface area (TPSA) is 77.0 Å². The quantitative estimate of drug-likeness (QED) is 0.783. The van der Waals surface area contributed by atoms with Crippen molar-refractivity contribution >= 4 is 0 Å². The normalized spacial score (nSPS) is 11.8. The van der Waals surface area contributed by atoms with Crippen LogP contribution < -0.4 is 0 Å². The van der Waals surface area contributed by atoms with Crippen molar-refractivity contribution in [2.75, 3.05) is 0 Å². The molecular weight excluding hydrogens is 268 g/mol. The Kier molecular flexibility index (Phi) is 3.01. The van der Waals surface area contributed by atoms with Crippen molar-refractivity contribution in [1.82, 2.24) is 19.9 Å². The number of para-hydroxylation sites is 1. The number of hydrogen-bond acceptors (Lipinski definition) is 5. The van der Waals surface area contributed by atoms with Crippen LogP contribution in [0.15, 0.2) is 41.1 Å². The summed E-state index contributed by atoms with van der Waals surface area (Å²) in [4.78, 5) is 4.31. The first-order valence-corrected chi connectivity index (χ1v) is 6.64. The molecule has 0 aliphatic carbocycles. The van der Waals surface area contributed by atoms with Gasteiger partial charge >= 0.3 is 0 Å². The van der Waals surface area contributed by atoms with Gasteiger partial charge in [-0.2, -0.15) is 10.1 Å². The first-order chi connectivity index (χ1) is 9.95. The monoisotopic (exact) mass is 284 g/mol. The van der Waals surface area contributed by atoms with Crippen LogP contribution in [-0.2, 0) is 5.41 Å². The molecule has 3 aromatic rings. The lowest BCUT2D eigenvalue weighted by Gasteiger charge is -2.10. The van der Waals surface area contributed by atoms with Crippen LogP contribution in [0.3, 0.4) is 0 Å². The highest BCUT2D eigenvalue weighted by Gasteiger charge is 2.24. The highest BCUT2D eigenvalue weighted by molar-refractivity contribution is 5.57. The van der Waals surface area contributed by atoms with Gasteiger partial charge in [0.05, 0.1) is 11.9 Å². The van der Waals surface area contributed by atoms with Crippen LogP contribution in [0.4, 0.5) is 0 Å². The molecule has 21 heavy (non-hydrogen) atoms. The molecule has 0 bridgehead atoms. The third kappa shape index (κ3) is 2.52. The molecule has 0 radical (unpaired) electrons. The third-order valence-electron chi connectivity index (χ3n) is 3.02. The summed E-state index contributed by atoms with van der Waals surface area (Å²) in [5.41, 5.74) is 0.899. The summed E-state index contributed by atoms with van der Waals surface area (Å²) < 4.78 is 6.79. The number of rotatable bonds is 2. The zero-order valence-electron chi connectivity index (χ0n) is 12.1. The second-order valence-corrected chi connectivity index (χ2v) is 5.82. The molecule has 1 aromatic carbocycles. The first kappa shape index (κ1) is 13.4. The summed E-state index contributed by atoms with van der Waals surface area (Å²) in [5.74, 6) is 0.793. The van der Waals surface area contributed by atoms with E-state index in [9.17, 15) is 5.11 Å². The molecule has 0 fully saturated rings. The van der Waals surface area contributed by atoms with Crippen LogP contribution >= 0.6 is 0 Å². The van der Waals surface area contributed by atoms with Gasteiger partial charge < -0.3 is 9.63 Å². The molecule has 3 rings (SSSR count). The minimum absolute atomic E-state index is 0.00274. The predicted molar refractivity (Wildman–Crippen MR) is 77.2 cm³/mol. The number of hydrogen-bond donors (Lipinski definition) is 1. The van der Waals surface area contributed by atoms with Gasteiger partial charge in [-0.15, -0.1) is 0 Å². The van der Waals surface area contributed by atoms with E-state index in [1.54, 1.807) is 4.68 Å². The van der Waals surface area contributed by atoms with E-state index >= 15 is 0 Å². The number of benzene rings is 1. The second kappa shape index (κ2) is 4.73. The van der Waals surface area contributed by atoms with E-state index in [0.29, 0.717) is 5.82 Å². The van der Waals surface area contributed by atoms with Gasteiger partial charge in [-0.05, 0) is 12.1 Å². The van der Waals surface area contributed by atoms with Crippen LogP contribution in [0.2, 0.25) is 0 Å². The van der Waals surface area contributed by atoms with E-state index in [-0.39, 0.29) is 22.7 Å². The second-order valence-electron chi connectivity index (χ2n) is 5.82. The van der Waals surface area contributed by atoms with Gasteiger partial charge in [0.15, 0.2) is 17.3 Å². The lowest BCUT2D eigenvalue weighted by molar-refractivity contribution is 0.399. The summed E-state index contributed by atoms with van der Waals surface area (Å²) in [5, 5.41) is 18.3. The van der Waals surface area contributed by atoms with E-state index in [4.69, 9.17) is 4.52 Å². The maximum absolute atomic E-state index is 10.0. The van der Waals surface area contributed by atoms with Gasteiger partial charge in [-0.25, -0.2) is 4.68 Å². The van der Waals surface area contributed by atoms with Crippen LogP contribution in [0, 0.1) is 0 Å². The van der Waals surface area contributed by atoms with Crippen LogP contribution in [-0.4, -0.2) is 25.0 Å². The minimum atomic E-state index is -0.223. The highest BCUT2D eigenvalue weighted by atomic mass is 16.5. The average Bonchev–Trinajstić information content (AvgIpc) is 3.05. The van der Waals surface area contributed by atoms with E-state index in [1.165, 1.54) is 6.20 Å². The number of aromatic nitrogens is 4. The standard InChI is InChI=1S/C15H16N4O2/c1-15(2,3)14-16-13(21-18-14)12-11(20)9-19(17-12)10-7-5-4-6-8-10/h4-9,20H,1-3H3. The highest BCUT2D eigenvalue weighted by Crippen LogP contribution is 2.29. The van der Waals surface area contributed by atoms with Crippen molar-refractivity contribution in [3.63, 3.8) is 0 Å².